The number of aliphatic hydroxyl groups is 1. The van der Waals surface area contributed by atoms with Crippen LogP contribution in [0.2, 0.25) is 0 Å². The van der Waals surface area contributed by atoms with Crippen molar-refractivity contribution < 1.29 is 9.90 Å². The Morgan fingerprint density at radius 3 is 2.47 bits per heavy atom. The van der Waals surface area contributed by atoms with E-state index in [4.69, 9.17) is 0 Å². The highest BCUT2D eigenvalue weighted by Gasteiger charge is 2.32. The molecule has 4 heteroatoms. The topological polar surface area (TPSA) is 52.6 Å². The van der Waals surface area contributed by atoms with Crippen LogP contribution in [0.3, 0.4) is 0 Å². The van der Waals surface area contributed by atoms with Crippen molar-refractivity contribution in [1.29, 1.82) is 0 Å². The van der Waals surface area contributed by atoms with E-state index in [0.717, 1.165) is 31.6 Å². The van der Waals surface area contributed by atoms with Gasteiger partial charge in [-0.3, -0.25) is 4.79 Å². The third-order valence-corrected chi connectivity index (χ3v) is 3.75. The van der Waals surface area contributed by atoms with Crippen LogP contribution in [0, 0.1) is 5.92 Å². The van der Waals surface area contributed by atoms with Gasteiger partial charge in [0.2, 0.25) is 5.91 Å². The van der Waals surface area contributed by atoms with Crippen molar-refractivity contribution in [3.05, 3.63) is 0 Å². The van der Waals surface area contributed by atoms with Gasteiger partial charge in [0, 0.05) is 20.6 Å². The van der Waals surface area contributed by atoms with Gasteiger partial charge in [0.05, 0.1) is 11.6 Å². The first-order chi connectivity index (χ1) is 7.84. The van der Waals surface area contributed by atoms with Crippen LogP contribution in [0.25, 0.3) is 0 Å². The second-order valence-corrected chi connectivity index (χ2v) is 5.74. The van der Waals surface area contributed by atoms with Crippen molar-refractivity contribution in [2.24, 2.45) is 5.92 Å². The fourth-order valence-electron chi connectivity index (χ4n) is 2.29. The van der Waals surface area contributed by atoms with E-state index in [-0.39, 0.29) is 11.9 Å². The molecule has 4 nitrogen and oxygen atoms in total. The van der Waals surface area contributed by atoms with Gasteiger partial charge in [-0.2, -0.15) is 0 Å². The van der Waals surface area contributed by atoms with E-state index in [9.17, 15) is 9.90 Å². The maximum Gasteiger partial charge on any atom is 0.238 e. The number of nitrogens with one attached hydrogen (secondary N) is 1. The Morgan fingerprint density at radius 2 is 2.00 bits per heavy atom. The molecule has 2 N–H and O–H groups in total. The number of rotatable bonds is 4. The Labute approximate surface area is 104 Å². The van der Waals surface area contributed by atoms with E-state index in [1.54, 1.807) is 19.0 Å². The fourth-order valence-corrected chi connectivity index (χ4v) is 2.29. The van der Waals surface area contributed by atoms with Crippen LogP contribution in [0.15, 0.2) is 0 Å². The molecular weight excluding hydrogens is 216 g/mol. The summed E-state index contributed by atoms with van der Waals surface area (Å²) in [4.78, 5) is 13.2. The van der Waals surface area contributed by atoms with Crippen LogP contribution < -0.4 is 5.32 Å². The number of amides is 1. The number of hydrogen-bond donors (Lipinski definition) is 2. The first kappa shape index (κ1) is 14.5. The van der Waals surface area contributed by atoms with Crippen LogP contribution >= 0.6 is 0 Å². The lowest BCUT2D eigenvalue weighted by Crippen LogP contribution is -2.50. The lowest BCUT2D eigenvalue weighted by molar-refractivity contribution is -0.130. The normalized spacial score (nSPS) is 31.0. The molecule has 0 aromatic carbocycles. The molecule has 1 amide bonds. The van der Waals surface area contributed by atoms with Crippen LogP contribution in [0.5, 0.6) is 0 Å². The Balaban J connectivity index is 2.37. The molecule has 1 atom stereocenters. The van der Waals surface area contributed by atoms with Gasteiger partial charge >= 0.3 is 0 Å². The first-order valence-electron chi connectivity index (χ1n) is 6.51. The van der Waals surface area contributed by atoms with Crippen molar-refractivity contribution in [2.45, 2.75) is 51.2 Å². The average molecular weight is 242 g/mol. The van der Waals surface area contributed by atoms with Crippen molar-refractivity contribution in [1.82, 2.24) is 10.2 Å². The van der Waals surface area contributed by atoms with Gasteiger partial charge in [0.15, 0.2) is 0 Å². The minimum atomic E-state index is -0.618. The lowest BCUT2D eigenvalue weighted by atomic mass is 9.79. The molecule has 0 saturated heterocycles. The summed E-state index contributed by atoms with van der Waals surface area (Å²) in [6.07, 6.45) is 3.83. The molecule has 1 saturated carbocycles. The van der Waals surface area contributed by atoms with Gasteiger partial charge in [-0.15, -0.1) is 0 Å². The van der Waals surface area contributed by atoms with Gasteiger partial charge < -0.3 is 15.3 Å². The fraction of sp³-hybridized carbons (Fsp3) is 0.923. The summed E-state index contributed by atoms with van der Waals surface area (Å²) in [5.41, 5.74) is -0.618. The molecule has 0 heterocycles. The van der Waals surface area contributed by atoms with Gasteiger partial charge in [-0.1, -0.05) is 6.92 Å². The zero-order valence-corrected chi connectivity index (χ0v) is 11.5. The minimum Gasteiger partial charge on any atom is -0.389 e. The van der Waals surface area contributed by atoms with Crippen molar-refractivity contribution in [3.63, 3.8) is 0 Å². The van der Waals surface area contributed by atoms with Crippen molar-refractivity contribution >= 4 is 5.91 Å². The Morgan fingerprint density at radius 1 is 1.47 bits per heavy atom. The second kappa shape index (κ2) is 5.83. The predicted octanol–water partition coefficient (Wildman–Crippen LogP) is 0.994. The van der Waals surface area contributed by atoms with E-state index >= 15 is 0 Å². The first-order valence-corrected chi connectivity index (χ1v) is 6.51. The van der Waals surface area contributed by atoms with Gasteiger partial charge in [0.25, 0.3) is 0 Å². The van der Waals surface area contributed by atoms with Gasteiger partial charge in [-0.05, 0) is 38.5 Å². The van der Waals surface area contributed by atoms with E-state index in [1.807, 2.05) is 6.92 Å². The monoisotopic (exact) mass is 242 g/mol. The molecule has 0 bridgehead atoms. The van der Waals surface area contributed by atoms with Crippen molar-refractivity contribution in [3.8, 4) is 0 Å². The van der Waals surface area contributed by atoms with Crippen LogP contribution in [-0.4, -0.2) is 48.2 Å². The molecule has 1 fully saturated rings. The lowest BCUT2D eigenvalue weighted by Gasteiger charge is -2.36. The Bertz CT molecular complexity index is 258. The number of likely N-dealkylation sites (N-methyl/N-ethyl adjacent to an activating group) is 1. The standard InChI is InChI=1S/C13H26N2O2/c1-10-5-7-13(17,8-6-10)9-14-11(2)12(16)15(3)4/h10-11,14,17H,5-9H2,1-4H3. The second-order valence-electron chi connectivity index (χ2n) is 5.74. The molecule has 1 rings (SSSR count). The zero-order valence-electron chi connectivity index (χ0n) is 11.5. The van der Waals surface area contributed by atoms with E-state index in [2.05, 4.69) is 12.2 Å². The molecule has 0 aliphatic heterocycles. The molecule has 1 aliphatic carbocycles. The van der Waals surface area contributed by atoms with E-state index in [0.29, 0.717) is 6.54 Å². The maximum absolute atomic E-state index is 11.7. The smallest absolute Gasteiger partial charge is 0.238 e. The molecular formula is C13H26N2O2. The number of nitrogens with zero attached hydrogens (tertiary/aromatic N) is 1. The summed E-state index contributed by atoms with van der Waals surface area (Å²) in [6.45, 7) is 4.59. The summed E-state index contributed by atoms with van der Waals surface area (Å²) >= 11 is 0. The minimum absolute atomic E-state index is 0.0535. The van der Waals surface area contributed by atoms with Crippen molar-refractivity contribution in [2.75, 3.05) is 20.6 Å². The Hall–Kier alpha value is -0.610. The SMILES string of the molecule is CC1CCC(O)(CNC(C)C(=O)N(C)C)CC1. The van der Waals surface area contributed by atoms with E-state index in [1.165, 1.54) is 0 Å². The highest BCUT2D eigenvalue weighted by molar-refractivity contribution is 5.80. The molecule has 17 heavy (non-hydrogen) atoms. The molecule has 1 aliphatic rings. The largest absolute Gasteiger partial charge is 0.389 e. The maximum atomic E-state index is 11.7. The highest BCUT2D eigenvalue weighted by atomic mass is 16.3. The third kappa shape index (κ3) is 4.28. The van der Waals surface area contributed by atoms with Crippen LogP contribution in [-0.2, 0) is 4.79 Å². The van der Waals surface area contributed by atoms with Gasteiger partial charge in [0.1, 0.15) is 0 Å². The quantitative estimate of drug-likeness (QED) is 0.773. The van der Waals surface area contributed by atoms with E-state index < -0.39 is 5.60 Å². The van der Waals surface area contributed by atoms with Gasteiger partial charge in [-0.25, -0.2) is 0 Å². The van der Waals surface area contributed by atoms with Crippen LogP contribution in [0.1, 0.15) is 39.5 Å². The third-order valence-electron chi connectivity index (χ3n) is 3.75. The molecule has 100 valence electrons. The predicted molar refractivity (Wildman–Crippen MR) is 68.7 cm³/mol. The summed E-state index contributed by atoms with van der Waals surface area (Å²) in [6, 6.07) is -0.228. The summed E-state index contributed by atoms with van der Waals surface area (Å²) in [5, 5.41) is 13.5. The number of hydrogen-bond acceptors (Lipinski definition) is 3. The molecule has 0 aromatic heterocycles. The summed E-state index contributed by atoms with van der Waals surface area (Å²) in [5.74, 6) is 0.772. The number of carbonyl (C=O) groups is 1. The molecule has 1 unspecified atom stereocenters. The summed E-state index contributed by atoms with van der Waals surface area (Å²) in [7, 11) is 3.50. The molecule has 0 aromatic rings. The van der Waals surface area contributed by atoms with Crippen LogP contribution in [0.4, 0.5) is 0 Å². The average Bonchev–Trinajstić information content (AvgIpc) is 2.29. The Kier molecular flexibility index (Phi) is 4.95. The highest BCUT2D eigenvalue weighted by Crippen LogP contribution is 2.31. The summed E-state index contributed by atoms with van der Waals surface area (Å²) < 4.78 is 0. The zero-order chi connectivity index (χ0) is 13.1. The molecule has 0 spiro atoms. The number of carbonyl (C=O) groups excluding carboxylic acids is 1. The molecule has 0 radical (unpaired) electrons.